The van der Waals surface area contributed by atoms with E-state index in [0.717, 1.165) is 30.4 Å². The molecule has 2 unspecified atom stereocenters. The van der Waals surface area contributed by atoms with Gasteiger partial charge in [-0.25, -0.2) is 0 Å². The molecule has 0 amide bonds. The van der Waals surface area contributed by atoms with Crippen LogP contribution in [0, 0.1) is 0 Å². The highest BCUT2D eigenvalue weighted by molar-refractivity contribution is 5.49. The van der Waals surface area contributed by atoms with E-state index >= 15 is 0 Å². The van der Waals surface area contributed by atoms with Crippen molar-refractivity contribution >= 4 is 0 Å². The molecule has 2 aliphatic heterocycles. The standard InChI is InChI=1S/C19H20O4/c20-16-8-1-4-12-10-14-6-3-7-15(22-18(12)16)11-13-5-2-9-17(21)19(13)23-14/h1-2,4-5,8-9,14-15,20-21H,3,6-7,10-11H2. The van der Waals surface area contributed by atoms with Gasteiger partial charge in [-0.1, -0.05) is 24.3 Å². The summed E-state index contributed by atoms with van der Waals surface area (Å²) >= 11 is 0. The zero-order valence-electron chi connectivity index (χ0n) is 12.9. The average molecular weight is 312 g/mol. The Morgan fingerprint density at radius 3 is 1.70 bits per heavy atom. The van der Waals surface area contributed by atoms with E-state index in [0.29, 0.717) is 24.3 Å². The first kappa shape index (κ1) is 14.2. The summed E-state index contributed by atoms with van der Waals surface area (Å²) in [6, 6.07) is 10.9. The number of phenolic OH excluding ortho intramolecular Hbond substituents is 2. The van der Waals surface area contributed by atoms with Crippen LogP contribution >= 0.6 is 0 Å². The van der Waals surface area contributed by atoms with E-state index in [1.807, 2.05) is 24.3 Å². The predicted octanol–water partition coefficient (Wildman–Crippen LogP) is 3.58. The third kappa shape index (κ3) is 2.69. The van der Waals surface area contributed by atoms with Gasteiger partial charge in [-0.3, -0.25) is 0 Å². The molecular weight excluding hydrogens is 292 g/mol. The number of fused-ring (bicyclic) bond motifs is 6. The van der Waals surface area contributed by atoms with Crippen LogP contribution in [-0.4, -0.2) is 22.4 Å². The molecule has 4 rings (SSSR count). The van der Waals surface area contributed by atoms with E-state index in [1.165, 1.54) is 0 Å². The Morgan fingerprint density at radius 1 is 0.739 bits per heavy atom. The first-order valence-electron chi connectivity index (χ1n) is 8.16. The molecule has 0 aliphatic carbocycles. The second-order valence-corrected chi connectivity index (χ2v) is 6.35. The number of hydrogen-bond acceptors (Lipinski definition) is 4. The number of ether oxygens (including phenoxy) is 2. The molecule has 2 aliphatic rings. The van der Waals surface area contributed by atoms with Crippen molar-refractivity contribution < 1.29 is 19.7 Å². The number of rotatable bonds is 0. The van der Waals surface area contributed by atoms with Gasteiger partial charge in [0, 0.05) is 24.0 Å². The van der Waals surface area contributed by atoms with Crippen LogP contribution in [0.5, 0.6) is 23.0 Å². The SMILES string of the molecule is Oc1cccc2c1OC1CCCC(C2)Oc2c(O)cccc2C1. The van der Waals surface area contributed by atoms with Gasteiger partial charge < -0.3 is 19.7 Å². The van der Waals surface area contributed by atoms with Gasteiger partial charge in [0.05, 0.1) is 0 Å². The van der Waals surface area contributed by atoms with Crippen LogP contribution in [0.15, 0.2) is 36.4 Å². The summed E-state index contributed by atoms with van der Waals surface area (Å²) in [5.74, 6) is 1.53. The van der Waals surface area contributed by atoms with Gasteiger partial charge >= 0.3 is 0 Å². The van der Waals surface area contributed by atoms with Crippen LogP contribution in [0.4, 0.5) is 0 Å². The first-order chi connectivity index (χ1) is 11.2. The van der Waals surface area contributed by atoms with E-state index in [4.69, 9.17) is 9.47 Å². The Balaban J connectivity index is 1.82. The smallest absolute Gasteiger partial charge is 0.164 e. The van der Waals surface area contributed by atoms with Crippen molar-refractivity contribution in [3.63, 3.8) is 0 Å². The van der Waals surface area contributed by atoms with Gasteiger partial charge in [-0.05, 0) is 31.4 Å². The summed E-state index contributed by atoms with van der Waals surface area (Å²) in [5, 5.41) is 20.4. The molecule has 0 saturated carbocycles. The Hall–Kier alpha value is -2.36. The molecule has 0 fully saturated rings. The maximum absolute atomic E-state index is 10.2. The molecule has 2 atom stereocenters. The molecule has 0 aromatic heterocycles. The topological polar surface area (TPSA) is 58.9 Å². The fourth-order valence-electron chi connectivity index (χ4n) is 3.54. The lowest BCUT2D eigenvalue weighted by Gasteiger charge is -2.25. The third-order valence-corrected chi connectivity index (χ3v) is 4.67. The number of para-hydroxylation sites is 2. The van der Waals surface area contributed by atoms with Crippen molar-refractivity contribution in [2.24, 2.45) is 0 Å². The highest BCUT2D eigenvalue weighted by Gasteiger charge is 2.27. The summed E-state index contributed by atoms with van der Waals surface area (Å²) in [6.07, 6.45) is 4.05. The predicted molar refractivity (Wildman–Crippen MR) is 86.3 cm³/mol. The highest BCUT2D eigenvalue weighted by Crippen LogP contribution is 2.40. The maximum Gasteiger partial charge on any atom is 0.164 e. The van der Waals surface area contributed by atoms with E-state index in [1.54, 1.807) is 12.1 Å². The van der Waals surface area contributed by atoms with E-state index < -0.39 is 0 Å². The van der Waals surface area contributed by atoms with Gasteiger partial charge in [0.1, 0.15) is 12.2 Å². The van der Waals surface area contributed by atoms with Crippen molar-refractivity contribution in [3.05, 3.63) is 47.5 Å². The number of aromatic hydroxyl groups is 2. The van der Waals surface area contributed by atoms with Gasteiger partial charge in [0.15, 0.2) is 23.0 Å². The van der Waals surface area contributed by atoms with Crippen LogP contribution in [-0.2, 0) is 12.8 Å². The molecule has 2 heterocycles. The summed E-state index contributed by atoms with van der Waals surface area (Å²) < 4.78 is 12.4. The third-order valence-electron chi connectivity index (χ3n) is 4.67. The molecule has 2 bridgehead atoms. The van der Waals surface area contributed by atoms with Crippen LogP contribution in [0.3, 0.4) is 0 Å². The summed E-state index contributed by atoms with van der Waals surface area (Å²) in [4.78, 5) is 0. The van der Waals surface area contributed by atoms with Gasteiger partial charge in [0.25, 0.3) is 0 Å². The second-order valence-electron chi connectivity index (χ2n) is 6.35. The minimum Gasteiger partial charge on any atom is -0.504 e. The Morgan fingerprint density at radius 2 is 1.22 bits per heavy atom. The number of phenols is 2. The number of benzene rings is 2. The van der Waals surface area contributed by atoms with Crippen molar-refractivity contribution in [1.29, 1.82) is 0 Å². The van der Waals surface area contributed by atoms with Crippen molar-refractivity contribution in [1.82, 2.24) is 0 Å². The maximum atomic E-state index is 10.2. The van der Waals surface area contributed by atoms with E-state index in [-0.39, 0.29) is 23.7 Å². The summed E-state index contributed by atoms with van der Waals surface area (Å²) in [6.45, 7) is 0. The number of hydrogen-bond donors (Lipinski definition) is 2. The molecule has 4 nitrogen and oxygen atoms in total. The molecule has 2 N–H and O–H groups in total. The van der Waals surface area contributed by atoms with Crippen molar-refractivity contribution in [3.8, 4) is 23.0 Å². The Bertz CT molecular complexity index is 664. The lowest BCUT2D eigenvalue weighted by atomic mass is 10.0. The molecule has 23 heavy (non-hydrogen) atoms. The fourth-order valence-corrected chi connectivity index (χ4v) is 3.54. The normalized spacial score (nSPS) is 23.0. The lowest BCUT2D eigenvalue weighted by Crippen LogP contribution is -2.22. The van der Waals surface area contributed by atoms with Gasteiger partial charge in [-0.15, -0.1) is 0 Å². The van der Waals surface area contributed by atoms with Crippen LogP contribution in [0.25, 0.3) is 0 Å². The van der Waals surface area contributed by atoms with Crippen LogP contribution < -0.4 is 9.47 Å². The lowest BCUT2D eigenvalue weighted by molar-refractivity contribution is 0.181. The quantitative estimate of drug-likeness (QED) is 0.780. The first-order valence-corrected chi connectivity index (χ1v) is 8.16. The summed E-state index contributed by atoms with van der Waals surface area (Å²) in [5.41, 5.74) is 1.92. The van der Waals surface area contributed by atoms with E-state index in [9.17, 15) is 10.2 Å². The molecule has 4 heteroatoms. The molecule has 0 spiro atoms. The molecule has 0 saturated heterocycles. The van der Waals surface area contributed by atoms with Gasteiger partial charge in [-0.2, -0.15) is 0 Å². The zero-order valence-corrected chi connectivity index (χ0v) is 12.9. The Kier molecular flexibility index (Phi) is 3.52. The second kappa shape index (κ2) is 5.69. The molecule has 2 aromatic rings. The fraction of sp³-hybridized carbons (Fsp3) is 0.368. The van der Waals surface area contributed by atoms with Crippen molar-refractivity contribution in [2.45, 2.75) is 44.3 Å². The Labute approximate surface area is 135 Å². The largest absolute Gasteiger partial charge is 0.504 e. The molecule has 120 valence electrons. The monoisotopic (exact) mass is 312 g/mol. The van der Waals surface area contributed by atoms with E-state index in [2.05, 4.69) is 0 Å². The minimum absolute atomic E-state index is 0.0388. The summed E-state index contributed by atoms with van der Waals surface area (Å²) in [7, 11) is 0. The molecule has 0 radical (unpaired) electrons. The minimum atomic E-state index is -0.0388. The highest BCUT2D eigenvalue weighted by atomic mass is 16.5. The molecule has 2 aromatic carbocycles. The average Bonchev–Trinajstić information content (AvgIpc) is 2.66. The van der Waals surface area contributed by atoms with Crippen molar-refractivity contribution in [2.75, 3.05) is 0 Å². The molecular formula is C19H20O4. The van der Waals surface area contributed by atoms with Crippen LogP contribution in [0.1, 0.15) is 30.4 Å². The zero-order chi connectivity index (χ0) is 15.8. The van der Waals surface area contributed by atoms with Gasteiger partial charge in [0.2, 0.25) is 0 Å². The van der Waals surface area contributed by atoms with Crippen LogP contribution in [0.2, 0.25) is 0 Å².